The Labute approximate surface area is 191 Å². The molecule has 8 nitrogen and oxygen atoms in total. The van der Waals surface area contributed by atoms with E-state index >= 15 is 0 Å². The van der Waals surface area contributed by atoms with E-state index in [4.69, 9.17) is 5.73 Å². The van der Waals surface area contributed by atoms with Crippen LogP contribution in [0.5, 0.6) is 5.75 Å². The van der Waals surface area contributed by atoms with Crippen LogP contribution in [0.2, 0.25) is 0 Å². The van der Waals surface area contributed by atoms with E-state index in [1.54, 1.807) is 30.1 Å². The van der Waals surface area contributed by atoms with Gasteiger partial charge in [-0.2, -0.15) is 11.8 Å². The second kappa shape index (κ2) is 10.2. The number of anilines is 3. The van der Waals surface area contributed by atoms with Gasteiger partial charge in [-0.05, 0) is 42.9 Å². The number of para-hydroxylation sites is 1. The van der Waals surface area contributed by atoms with Crippen molar-refractivity contribution in [2.24, 2.45) is 0 Å². The number of phenolic OH excluding ortho intramolecular Hbond substituents is 1. The first kappa shape index (κ1) is 21.7. The standard InChI is InChI=1S/C23H25N7OS/c1-32-15-4-8-21-25-10-9-22(26-21)30-12-5-11-29(13-14-30)19-16-18(27-28-23(19)24)17-6-2-3-7-20(17)31/h2-3,6-7,9-10,16,31H,5,11-15H2,1H3,(H2,24,28). The molecule has 164 valence electrons. The first-order chi connectivity index (χ1) is 15.7. The lowest BCUT2D eigenvalue weighted by atomic mass is 10.1. The van der Waals surface area contributed by atoms with Gasteiger partial charge in [0.1, 0.15) is 11.6 Å². The number of nitrogen functional groups attached to an aromatic ring is 1. The maximum atomic E-state index is 10.2. The number of aromatic nitrogens is 4. The third-order valence-electron chi connectivity index (χ3n) is 5.20. The molecule has 0 saturated carbocycles. The van der Waals surface area contributed by atoms with Crippen LogP contribution in [0.1, 0.15) is 12.2 Å². The zero-order valence-electron chi connectivity index (χ0n) is 17.9. The largest absolute Gasteiger partial charge is 0.507 e. The van der Waals surface area contributed by atoms with E-state index < -0.39 is 0 Å². The molecule has 0 amide bonds. The smallest absolute Gasteiger partial charge is 0.206 e. The van der Waals surface area contributed by atoms with Crippen LogP contribution in [-0.4, -0.2) is 63.5 Å². The summed E-state index contributed by atoms with van der Waals surface area (Å²) in [6.45, 7) is 3.24. The highest BCUT2D eigenvalue weighted by Gasteiger charge is 2.20. The highest BCUT2D eigenvalue weighted by atomic mass is 32.2. The monoisotopic (exact) mass is 447 g/mol. The highest BCUT2D eigenvalue weighted by molar-refractivity contribution is 7.98. The van der Waals surface area contributed by atoms with Crippen LogP contribution in [0.3, 0.4) is 0 Å². The van der Waals surface area contributed by atoms with Crippen molar-refractivity contribution < 1.29 is 5.11 Å². The van der Waals surface area contributed by atoms with E-state index in [9.17, 15) is 5.11 Å². The molecule has 3 N–H and O–H groups in total. The molecule has 32 heavy (non-hydrogen) atoms. The van der Waals surface area contributed by atoms with Gasteiger partial charge >= 0.3 is 0 Å². The quantitative estimate of drug-likeness (QED) is 0.584. The van der Waals surface area contributed by atoms with Crippen LogP contribution in [0.25, 0.3) is 11.3 Å². The van der Waals surface area contributed by atoms with Gasteiger partial charge in [0.2, 0.25) is 5.82 Å². The summed E-state index contributed by atoms with van der Waals surface area (Å²) in [4.78, 5) is 13.4. The van der Waals surface area contributed by atoms with Gasteiger partial charge in [0.15, 0.2) is 5.82 Å². The Morgan fingerprint density at radius 1 is 1.09 bits per heavy atom. The predicted octanol–water partition coefficient (Wildman–Crippen LogP) is 2.65. The molecule has 1 aliphatic heterocycles. The second-order valence-electron chi connectivity index (χ2n) is 7.32. The number of thioether (sulfide) groups is 1. The topological polar surface area (TPSA) is 104 Å². The minimum Gasteiger partial charge on any atom is -0.507 e. The zero-order chi connectivity index (χ0) is 22.3. The van der Waals surface area contributed by atoms with Gasteiger partial charge in [-0.15, -0.1) is 10.2 Å². The average Bonchev–Trinajstić information content (AvgIpc) is 3.07. The molecular weight excluding hydrogens is 422 g/mol. The number of nitrogens with two attached hydrogens (primary N) is 1. The van der Waals surface area contributed by atoms with Crippen LogP contribution in [0.4, 0.5) is 17.3 Å². The molecule has 0 atom stereocenters. The number of rotatable bonds is 4. The predicted molar refractivity (Wildman–Crippen MR) is 130 cm³/mol. The van der Waals surface area contributed by atoms with E-state index in [1.807, 2.05) is 30.5 Å². The normalized spacial score (nSPS) is 13.9. The first-order valence-corrected chi connectivity index (χ1v) is 11.8. The van der Waals surface area contributed by atoms with E-state index in [1.165, 1.54) is 0 Å². The molecule has 9 heteroatoms. The molecule has 0 aliphatic carbocycles. The molecule has 1 saturated heterocycles. The van der Waals surface area contributed by atoms with Gasteiger partial charge in [-0.3, -0.25) is 0 Å². The summed E-state index contributed by atoms with van der Waals surface area (Å²) in [5.41, 5.74) is 8.24. The van der Waals surface area contributed by atoms with Crippen molar-refractivity contribution in [3.05, 3.63) is 48.4 Å². The number of phenols is 1. The molecular formula is C23H25N7OS. The Morgan fingerprint density at radius 2 is 1.91 bits per heavy atom. The molecule has 0 spiro atoms. The van der Waals surface area contributed by atoms with Crippen molar-refractivity contribution >= 4 is 29.1 Å². The van der Waals surface area contributed by atoms with Gasteiger partial charge in [-0.1, -0.05) is 18.1 Å². The van der Waals surface area contributed by atoms with Crippen LogP contribution in [-0.2, 0) is 0 Å². The first-order valence-electron chi connectivity index (χ1n) is 10.4. The molecule has 0 bridgehead atoms. The maximum absolute atomic E-state index is 10.2. The lowest BCUT2D eigenvalue weighted by molar-refractivity contribution is 0.477. The molecule has 0 unspecified atom stereocenters. The van der Waals surface area contributed by atoms with Crippen LogP contribution in [0.15, 0.2) is 42.6 Å². The number of aromatic hydroxyl groups is 1. The van der Waals surface area contributed by atoms with Gasteiger partial charge in [0, 0.05) is 37.9 Å². The summed E-state index contributed by atoms with van der Waals surface area (Å²) in [5, 5.41) is 18.5. The Bertz CT molecular complexity index is 1140. The summed E-state index contributed by atoms with van der Waals surface area (Å²) in [5.74, 6) is 8.83. The molecule has 0 radical (unpaired) electrons. The Kier molecular flexibility index (Phi) is 6.92. The van der Waals surface area contributed by atoms with Crippen LogP contribution in [0, 0.1) is 11.8 Å². The number of nitrogens with zero attached hydrogens (tertiary/aromatic N) is 6. The maximum Gasteiger partial charge on any atom is 0.206 e. The minimum atomic E-state index is 0.166. The van der Waals surface area contributed by atoms with Crippen molar-refractivity contribution in [2.45, 2.75) is 6.42 Å². The van der Waals surface area contributed by atoms with Crippen molar-refractivity contribution in [1.29, 1.82) is 0 Å². The molecule has 2 aromatic heterocycles. The van der Waals surface area contributed by atoms with E-state index in [0.29, 0.717) is 22.9 Å². The molecule has 1 fully saturated rings. The third-order valence-corrected chi connectivity index (χ3v) is 5.63. The number of hydrogen-bond acceptors (Lipinski definition) is 9. The van der Waals surface area contributed by atoms with Gasteiger partial charge in [0.25, 0.3) is 0 Å². The number of benzene rings is 1. The van der Waals surface area contributed by atoms with Crippen molar-refractivity contribution in [3.8, 4) is 28.8 Å². The average molecular weight is 448 g/mol. The van der Waals surface area contributed by atoms with Gasteiger partial charge in [0.05, 0.1) is 17.1 Å². The highest BCUT2D eigenvalue weighted by Crippen LogP contribution is 2.31. The third kappa shape index (κ3) is 5.03. The van der Waals surface area contributed by atoms with Gasteiger partial charge in [-0.25, -0.2) is 9.97 Å². The summed E-state index contributed by atoms with van der Waals surface area (Å²) in [6, 6.07) is 10.9. The minimum absolute atomic E-state index is 0.166. The van der Waals surface area contributed by atoms with Gasteiger partial charge < -0.3 is 20.6 Å². The Morgan fingerprint density at radius 3 is 2.75 bits per heavy atom. The Balaban J connectivity index is 1.52. The fourth-order valence-corrected chi connectivity index (χ4v) is 3.84. The Hall–Kier alpha value is -3.51. The molecule has 3 heterocycles. The van der Waals surface area contributed by atoms with E-state index in [0.717, 1.165) is 49.9 Å². The van der Waals surface area contributed by atoms with Crippen molar-refractivity contribution in [3.63, 3.8) is 0 Å². The molecule has 1 aromatic carbocycles. The number of hydrogen-bond donors (Lipinski definition) is 2. The van der Waals surface area contributed by atoms with E-state index in [-0.39, 0.29) is 5.75 Å². The van der Waals surface area contributed by atoms with Crippen LogP contribution >= 0.6 is 11.8 Å². The molecule has 1 aliphatic rings. The van der Waals surface area contributed by atoms with Crippen molar-refractivity contribution in [2.75, 3.05) is 53.7 Å². The SMILES string of the molecule is CSCC#Cc1nccc(N2CCCN(c3cc(-c4ccccc4O)nnc3N)CC2)n1. The lowest BCUT2D eigenvalue weighted by Gasteiger charge is -2.25. The summed E-state index contributed by atoms with van der Waals surface area (Å²) in [6.07, 6.45) is 4.72. The molecule has 4 rings (SSSR count). The summed E-state index contributed by atoms with van der Waals surface area (Å²) in [7, 11) is 0. The fraction of sp³-hybridized carbons (Fsp3) is 0.304. The molecule has 3 aromatic rings. The lowest BCUT2D eigenvalue weighted by Crippen LogP contribution is -2.31. The fourth-order valence-electron chi connectivity index (χ4n) is 3.63. The van der Waals surface area contributed by atoms with E-state index in [2.05, 4.69) is 41.8 Å². The van der Waals surface area contributed by atoms with Crippen molar-refractivity contribution in [1.82, 2.24) is 20.2 Å². The zero-order valence-corrected chi connectivity index (χ0v) is 18.7. The van der Waals surface area contributed by atoms with Crippen LogP contribution < -0.4 is 15.5 Å². The summed E-state index contributed by atoms with van der Waals surface area (Å²) < 4.78 is 0. The second-order valence-corrected chi connectivity index (χ2v) is 8.18. The summed E-state index contributed by atoms with van der Waals surface area (Å²) >= 11 is 1.68.